The second kappa shape index (κ2) is 7.10. The number of rotatable bonds is 4. The fourth-order valence-electron chi connectivity index (χ4n) is 2.35. The Morgan fingerprint density at radius 2 is 1.74 bits per heavy atom. The average Bonchev–Trinajstić information content (AvgIpc) is 2.94. The minimum absolute atomic E-state index is 0.00949. The summed E-state index contributed by atoms with van der Waals surface area (Å²) < 4.78 is 71.3. The van der Waals surface area contributed by atoms with Gasteiger partial charge in [-0.1, -0.05) is 17.7 Å². The number of benzene rings is 1. The molecule has 0 spiro atoms. The van der Waals surface area contributed by atoms with E-state index in [1.54, 1.807) is 0 Å². The third kappa shape index (κ3) is 4.00. The van der Waals surface area contributed by atoms with Gasteiger partial charge in [0.1, 0.15) is 11.6 Å². The maximum Gasteiger partial charge on any atom is 0.422 e. The van der Waals surface area contributed by atoms with Gasteiger partial charge in [0.15, 0.2) is 18.3 Å². The fraction of sp³-hybridized carbons (Fsp3) is 0.188. The summed E-state index contributed by atoms with van der Waals surface area (Å²) in [7, 11) is 1.39. The second-order valence-corrected chi connectivity index (χ2v) is 5.85. The van der Waals surface area contributed by atoms with E-state index in [2.05, 4.69) is 15.2 Å². The molecule has 0 amide bonds. The van der Waals surface area contributed by atoms with Gasteiger partial charge < -0.3 is 9.30 Å². The molecule has 0 aliphatic rings. The summed E-state index contributed by atoms with van der Waals surface area (Å²) in [6, 6.07) is 4.55. The van der Waals surface area contributed by atoms with E-state index in [-0.39, 0.29) is 22.2 Å². The van der Waals surface area contributed by atoms with Crippen LogP contribution in [0, 0.1) is 11.6 Å². The lowest BCUT2D eigenvalue weighted by molar-refractivity contribution is -0.154. The van der Waals surface area contributed by atoms with Gasteiger partial charge in [0, 0.05) is 13.2 Å². The molecular weight excluding hydrogens is 395 g/mol. The fourth-order valence-corrected chi connectivity index (χ4v) is 2.50. The van der Waals surface area contributed by atoms with Crippen molar-refractivity contribution in [2.45, 2.75) is 6.18 Å². The highest BCUT2D eigenvalue weighted by Crippen LogP contribution is 2.33. The van der Waals surface area contributed by atoms with E-state index in [1.165, 1.54) is 23.7 Å². The summed E-state index contributed by atoms with van der Waals surface area (Å²) in [5.41, 5.74) is -0.434. The zero-order valence-electron chi connectivity index (χ0n) is 13.6. The molecule has 27 heavy (non-hydrogen) atoms. The van der Waals surface area contributed by atoms with E-state index in [9.17, 15) is 22.0 Å². The van der Waals surface area contributed by atoms with Gasteiger partial charge in [-0.05, 0) is 18.2 Å². The third-order valence-corrected chi connectivity index (χ3v) is 3.70. The molecule has 0 unspecified atom stereocenters. The van der Waals surface area contributed by atoms with Crippen LogP contribution >= 0.6 is 11.6 Å². The van der Waals surface area contributed by atoms with E-state index in [0.29, 0.717) is 0 Å². The van der Waals surface area contributed by atoms with Gasteiger partial charge in [0.2, 0.25) is 5.88 Å². The Balaban J connectivity index is 2.08. The molecule has 3 aromatic rings. The van der Waals surface area contributed by atoms with Gasteiger partial charge in [-0.25, -0.2) is 13.8 Å². The topological polar surface area (TPSA) is 52.8 Å². The van der Waals surface area contributed by atoms with Crippen molar-refractivity contribution in [2.24, 2.45) is 7.05 Å². The van der Waals surface area contributed by atoms with Crippen molar-refractivity contribution in [2.75, 3.05) is 6.61 Å². The summed E-state index contributed by atoms with van der Waals surface area (Å²) >= 11 is 5.87. The van der Waals surface area contributed by atoms with E-state index in [0.717, 1.165) is 18.3 Å². The standard InChI is InChI=1S/C16H10ClF5N4O/c1-26-13(24-25-14(26)12-10(18)3-2-4-11(12)19)9-5-8(17)6-23-15(9)27-7-16(20,21)22/h2-6H,7H2,1H3. The first-order valence-corrected chi connectivity index (χ1v) is 7.74. The molecule has 0 bridgehead atoms. The van der Waals surface area contributed by atoms with Crippen molar-refractivity contribution in [3.05, 3.63) is 47.1 Å². The number of aromatic nitrogens is 4. The number of nitrogens with zero attached hydrogens (tertiary/aromatic N) is 4. The quantitative estimate of drug-likeness (QED) is 0.604. The van der Waals surface area contributed by atoms with Gasteiger partial charge in [0.25, 0.3) is 0 Å². The molecule has 0 N–H and O–H groups in total. The van der Waals surface area contributed by atoms with E-state index in [4.69, 9.17) is 16.3 Å². The largest absolute Gasteiger partial charge is 0.467 e. The molecule has 0 aliphatic carbocycles. The Kier molecular flexibility index (Phi) is 5.01. The summed E-state index contributed by atoms with van der Waals surface area (Å²) in [4.78, 5) is 3.73. The van der Waals surface area contributed by atoms with Crippen LogP contribution in [0.1, 0.15) is 0 Å². The predicted octanol–water partition coefficient (Wildman–Crippen LogP) is 4.42. The first-order valence-electron chi connectivity index (χ1n) is 7.36. The molecule has 0 atom stereocenters. The Bertz CT molecular complexity index is 969. The van der Waals surface area contributed by atoms with Crippen LogP contribution < -0.4 is 4.74 Å². The van der Waals surface area contributed by atoms with Crippen molar-refractivity contribution < 1.29 is 26.7 Å². The number of ether oxygens (including phenoxy) is 1. The molecule has 0 saturated heterocycles. The molecule has 1 aromatic carbocycles. The van der Waals surface area contributed by atoms with Gasteiger partial charge >= 0.3 is 6.18 Å². The summed E-state index contributed by atoms with van der Waals surface area (Å²) in [5, 5.41) is 7.66. The van der Waals surface area contributed by atoms with Crippen LogP contribution in [0.15, 0.2) is 30.5 Å². The maximum absolute atomic E-state index is 14.0. The smallest absolute Gasteiger partial charge is 0.422 e. The number of hydrogen-bond acceptors (Lipinski definition) is 4. The second-order valence-electron chi connectivity index (χ2n) is 5.41. The van der Waals surface area contributed by atoms with Crippen molar-refractivity contribution in [1.29, 1.82) is 0 Å². The lowest BCUT2D eigenvalue weighted by Crippen LogP contribution is -2.20. The molecule has 5 nitrogen and oxygen atoms in total. The molecule has 142 valence electrons. The highest BCUT2D eigenvalue weighted by molar-refractivity contribution is 6.30. The monoisotopic (exact) mass is 404 g/mol. The summed E-state index contributed by atoms with van der Waals surface area (Å²) in [5.74, 6) is -2.32. The van der Waals surface area contributed by atoms with Crippen LogP contribution in [0.4, 0.5) is 22.0 Å². The van der Waals surface area contributed by atoms with Crippen molar-refractivity contribution in [1.82, 2.24) is 19.7 Å². The van der Waals surface area contributed by atoms with Crippen LogP contribution in [0.3, 0.4) is 0 Å². The first kappa shape index (κ1) is 19.0. The van der Waals surface area contributed by atoms with Crippen LogP contribution in [-0.2, 0) is 7.05 Å². The zero-order chi connectivity index (χ0) is 19.8. The number of hydrogen-bond donors (Lipinski definition) is 0. The maximum atomic E-state index is 14.0. The molecule has 3 rings (SSSR count). The lowest BCUT2D eigenvalue weighted by Gasteiger charge is -2.12. The number of halogens is 6. The minimum Gasteiger partial charge on any atom is -0.467 e. The van der Waals surface area contributed by atoms with Crippen LogP contribution in [0.5, 0.6) is 5.88 Å². The SMILES string of the molecule is Cn1c(-c2cc(Cl)cnc2OCC(F)(F)F)nnc1-c1c(F)cccc1F. The molecule has 0 aliphatic heterocycles. The van der Waals surface area contributed by atoms with Gasteiger partial charge in [-0.15, -0.1) is 10.2 Å². The number of alkyl halides is 3. The number of pyridine rings is 1. The van der Waals surface area contributed by atoms with Crippen molar-refractivity contribution in [3.8, 4) is 28.7 Å². The highest BCUT2D eigenvalue weighted by atomic mass is 35.5. The molecule has 11 heteroatoms. The average molecular weight is 405 g/mol. The Labute approximate surface area is 154 Å². The van der Waals surface area contributed by atoms with Crippen LogP contribution in [-0.4, -0.2) is 32.5 Å². The van der Waals surface area contributed by atoms with Gasteiger partial charge in [-0.3, -0.25) is 0 Å². The Morgan fingerprint density at radius 1 is 1.11 bits per heavy atom. The third-order valence-electron chi connectivity index (χ3n) is 3.49. The molecule has 2 aromatic heterocycles. The molecule has 2 heterocycles. The predicted molar refractivity (Wildman–Crippen MR) is 86.1 cm³/mol. The molecule has 0 saturated carbocycles. The highest BCUT2D eigenvalue weighted by Gasteiger charge is 2.30. The Morgan fingerprint density at radius 3 is 2.37 bits per heavy atom. The lowest BCUT2D eigenvalue weighted by atomic mass is 10.2. The molecular formula is C16H10ClF5N4O. The van der Waals surface area contributed by atoms with Gasteiger partial charge in [0.05, 0.1) is 16.1 Å². The van der Waals surface area contributed by atoms with Crippen molar-refractivity contribution in [3.63, 3.8) is 0 Å². The van der Waals surface area contributed by atoms with Crippen molar-refractivity contribution >= 4 is 11.6 Å². The molecule has 0 fully saturated rings. The van der Waals surface area contributed by atoms with E-state index < -0.39 is 35.9 Å². The van der Waals surface area contributed by atoms with Crippen LogP contribution in [0.25, 0.3) is 22.8 Å². The van der Waals surface area contributed by atoms with E-state index >= 15 is 0 Å². The molecule has 0 radical (unpaired) electrons. The first-order chi connectivity index (χ1) is 12.7. The minimum atomic E-state index is -4.58. The Hall–Kier alpha value is -2.75. The van der Waals surface area contributed by atoms with Gasteiger partial charge in [-0.2, -0.15) is 13.2 Å². The zero-order valence-corrected chi connectivity index (χ0v) is 14.3. The summed E-state index contributed by atoms with van der Waals surface area (Å²) in [6.07, 6.45) is -3.48. The normalized spacial score (nSPS) is 11.7. The summed E-state index contributed by atoms with van der Waals surface area (Å²) in [6.45, 7) is -1.58. The van der Waals surface area contributed by atoms with E-state index in [1.807, 2.05) is 0 Å². The van der Waals surface area contributed by atoms with Crippen LogP contribution in [0.2, 0.25) is 5.02 Å².